The maximum absolute atomic E-state index is 12.7. The molecule has 0 saturated carbocycles. The molecule has 1 atom stereocenters. The molecule has 2 aromatic rings. The summed E-state index contributed by atoms with van der Waals surface area (Å²) in [5, 5.41) is 0. The molecular formula is C22H28INO2. The zero-order valence-corrected chi connectivity index (χ0v) is 18.0. The molecule has 0 N–H and O–H groups in total. The lowest BCUT2D eigenvalue weighted by Gasteiger charge is -2.24. The number of hydrogen-bond donors (Lipinski definition) is 0. The van der Waals surface area contributed by atoms with E-state index < -0.39 is 0 Å². The van der Waals surface area contributed by atoms with Crippen LogP contribution in [0.2, 0.25) is 0 Å². The molecule has 0 spiro atoms. The summed E-state index contributed by atoms with van der Waals surface area (Å²) in [5.74, 6) is 1.33. The Morgan fingerprint density at radius 3 is 2.50 bits per heavy atom. The molecule has 0 radical (unpaired) electrons. The van der Waals surface area contributed by atoms with Crippen LogP contribution in [-0.4, -0.2) is 34.9 Å². The molecule has 3 nitrogen and oxygen atoms in total. The standard InChI is InChI=1S/C22H28INO2/c1-17(2)26-21-11-7-8-18(14-21)15-22(25)24(3)16-20(12-13-23)19-9-5-4-6-10-19/h4-11,14,17,20H,12-13,15-16H2,1-3H3. The highest BCUT2D eigenvalue weighted by molar-refractivity contribution is 14.1. The molecule has 0 bridgehead atoms. The van der Waals surface area contributed by atoms with E-state index in [0.717, 1.165) is 28.7 Å². The van der Waals surface area contributed by atoms with Crippen molar-refractivity contribution in [3.8, 4) is 5.75 Å². The molecule has 0 aliphatic carbocycles. The third-order valence-corrected chi connectivity index (χ3v) is 4.90. The minimum Gasteiger partial charge on any atom is -0.491 e. The Hall–Kier alpha value is -1.56. The quantitative estimate of drug-likeness (QED) is 0.382. The SMILES string of the molecule is CC(C)Oc1cccc(CC(=O)N(C)CC(CCI)c2ccccc2)c1. The van der Waals surface area contributed by atoms with Crippen LogP contribution in [0.5, 0.6) is 5.75 Å². The summed E-state index contributed by atoms with van der Waals surface area (Å²) in [6.45, 7) is 4.75. The Morgan fingerprint density at radius 1 is 1.12 bits per heavy atom. The van der Waals surface area contributed by atoms with Gasteiger partial charge < -0.3 is 9.64 Å². The number of amides is 1. The molecule has 1 unspecified atom stereocenters. The topological polar surface area (TPSA) is 29.5 Å². The van der Waals surface area contributed by atoms with E-state index in [4.69, 9.17) is 4.74 Å². The molecule has 0 saturated heterocycles. The van der Waals surface area contributed by atoms with Gasteiger partial charge in [-0.2, -0.15) is 0 Å². The van der Waals surface area contributed by atoms with Crippen molar-refractivity contribution in [3.63, 3.8) is 0 Å². The normalized spacial score (nSPS) is 12.0. The lowest BCUT2D eigenvalue weighted by atomic mass is 9.96. The molecule has 0 aromatic heterocycles. The average molecular weight is 465 g/mol. The maximum atomic E-state index is 12.7. The summed E-state index contributed by atoms with van der Waals surface area (Å²) in [4.78, 5) is 14.6. The van der Waals surface area contributed by atoms with Gasteiger partial charge >= 0.3 is 0 Å². The summed E-state index contributed by atoms with van der Waals surface area (Å²) >= 11 is 2.41. The summed E-state index contributed by atoms with van der Waals surface area (Å²) < 4.78 is 6.80. The molecule has 140 valence electrons. The Bertz CT molecular complexity index is 688. The summed E-state index contributed by atoms with van der Waals surface area (Å²) in [6.07, 6.45) is 1.60. The van der Waals surface area contributed by atoms with E-state index in [1.165, 1.54) is 5.56 Å². The fourth-order valence-corrected chi connectivity index (χ4v) is 3.71. The van der Waals surface area contributed by atoms with Gasteiger partial charge in [-0.3, -0.25) is 4.79 Å². The molecule has 0 aliphatic rings. The number of likely N-dealkylation sites (N-methyl/N-ethyl adjacent to an activating group) is 1. The third-order valence-electron chi connectivity index (χ3n) is 4.27. The van der Waals surface area contributed by atoms with Crippen molar-refractivity contribution in [1.82, 2.24) is 4.90 Å². The Labute approximate surface area is 170 Å². The average Bonchev–Trinajstić information content (AvgIpc) is 2.61. The van der Waals surface area contributed by atoms with Crippen molar-refractivity contribution in [2.45, 2.75) is 38.7 Å². The zero-order valence-electron chi connectivity index (χ0n) is 15.8. The van der Waals surface area contributed by atoms with Gasteiger partial charge in [0.25, 0.3) is 0 Å². The number of alkyl halides is 1. The molecule has 2 rings (SSSR count). The first-order chi connectivity index (χ1) is 12.5. The number of ether oxygens (including phenoxy) is 1. The maximum Gasteiger partial charge on any atom is 0.226 e. The van der Waals surface area contributed by atoms with Gasteiger partial charge in [0.15, 0.2) is 0 Å². The van der Waals surface area contributed by atoms with Crippen LogP contribution in [0.1, 0.15) is 37.3 Å². The first kappa shape index (κ1) is 20.7. The van der Waals surface area contributed by atoms with E-state index in [2.05, 4.69) is 46.9 Å². The van der Waals surface area contributed by atoms with Gasteiger partial charge in [0.2, 0.25) is 5.91 Å². The lowest BCUT2D eigenvalue weighted by Crippen LogP contribution is -2.32. The van der Waals surface area contributed by atoms with Crippen molar-refractivity contribution in [1.29, 1.82) is 0 Å². The van der Waals surface area contributed by atoms with E-state index >= 15 is 0 Å². The smallest absolute Gasteiger partial charge is 0.226 e. The van der Waals surface area contributed by atoms with Gasteiger partial charge in [-0.1, -0.05) is 65.1 Å². The number of benzene rings is 2. The molecular weight excluding hydrogens is 437 g/mol. The van der Waals surface area contributed by atoms with Gasteiger partial charge in [-0.05, 0) is 43.5 Å². The van der Waals surface area contributed by atoms with Crippen molar-refractivity contribution < 1.29 is 9.53 Å². The largest absolute Gasteiger partial charge is 0.491 e. The van der Waals surface area contributed by atoms with Crippen LogP contribution in [0.4, 0.5) is 0 Å². The highest BCUT2D eigenvalue weighted by Gasteiger charge is 2.17. The van der Waals surface area contributed by atoms with Crippen molar-refractivity contribution in [2.24, 2.45) is 0 Å². The minimum absolute atomic E-state index is 0.128. The van der Waals surface area contributed by atoms with Crippen LogP contribution in [0.3, 0.4) is 0 Å². The van der Waals surface area contributed by atoms with Crippen molar-refractivity contribution in [2.75, 3.05) is 18.0 Å². The minimum atomic E-state index is 0.128. The van der Waals surface area contributed by atoms with Crippen LogP contribution in [-0.2, 0) is 11.2 Å². The second-order valence-electron chi connectivity index (χ2n) is 6.85. The molecule has 4 heteroatoms. The van der Waals surface area contributed by atoms with Crippen molar-refractivity contribution >= 4 is 28.5 Å². The van der Waals surface area contributed by atoms with E-state index in [1.807, 2.05) is 56.1 Å². The highest BCUT2D eigenvalue weighted by atomic mass is 127. The fraction of sp³-hybridized carbons (Fsp3) is 0.409. The molecule has 2 aromatic carbocycles. The summed E-state index contributed by atoms with van der Waals surface area (Å²) in [7, 11) is 1.90. The monoisotopic (exact) mass is 465 g/mol. The van der Waals surface area contributed by atoms with Gasteiger partial charge in [-0.25, -0.2) is 0 Å². The second-order valence-corrected chi connectivity index (χ2v) is 7.93. The molecule has 26 heavy (non-hydrogen) atoms. The van der Waals surface area contributed by atoms with Gasteiger partial charge in [0.1, 0.15) is 5.75 Å². The molecule has 0 fully saturated rings. The number of halogens is 1. The molecule has 0 heterocycles. The fourth-order valence-electron chi connectivity index (χ4n) is 2.96. The predicted molar refractivity (Wildman–Crippen MR) is 116 cm³/mol. The third kappa shape index (κ3) is 6.63. The summed E-state index contributed by atoms with van der Waals surface area (Å²) in [6, 6.07) is 18.3. The number of nitrogens with zero attached hydrogens (tertiary/aromatic N) is 1. The molecule has 1 amide bonds. The lowest BCUT2D eigenvalue weighted by molar-refractivity contribution is -0.129. The first-order valence-electron chi connectivity index (χ1n) is 9.10. The van der Waals surface area contributed by atoms with E-state index in [9.17, 15) is 4.79 Å². The predicted octanol–water partition coefficient (Wildman–Crippen LogP) is 5.08. The Kier molecular flexibility index (Phi) is 8.42. The zero-order chi connectivity index (χ0) is 18.9. The Morgan fingerprint density at radius 2 is 1.85 bits per heavy atom. The van der Waals surface area contributed by atoms with Crippen molar-refractivity contribution in [3.05, 3.63) is 65.7 Å². The number of carbonyl (C=O) groups excluding carboxylic acids is 1. The van der Waals surface area contributed by atoms with E-state index in [1.54, 1.807) is 0 Å². The molecule has 0 aliphatic heterocycles. The van der Waals surface area contributed by atoms with E-state index in [-0.39, 0.29) is 12.0 Å². The summed E-state index contributed by atoms with van der Waals surface area (Å²) in [5.41, 5.74) is 2.29. The number of hydrogen-bond acceptors (Lipinski definition) is 2. The van der Waals surface area contributed by atoms with Gasteiger partial charge in [0.05, 0.1) is 12.5 Å². The van der Waals surface area contributed by atoms with Crippen LogP contribution >= 0.6 is 22.6 Å². The van der Waals surface area contributed by atoms with Gasteiger partial charge in [0, 0.05) is 23.9 Å². The Balaban J connectivity index is 2.00. The first-order valence-corrected chi connectivity index (χ1v) is 10.6. The van der Waals surface area contributed by atoms with E-state index in [0.29, 0.717) is 12.3 Å². The number of carbonyl (C=O) groups is 1. The van der Waals surface area contributed by atoms with Crippen LogP contribution < -0.4 is 4.74 Å². The van der Waals surface area contributed by atoms with Crippen LogP contribution in [0.25, 0.3) is 0 Å². The van der Waals surface area contributed by atoms with Gasteiger partial charge in [-0.15, -0.1) is 0 Å². The second kappa shape index (κ2) is 10.6. The van der Waals surface area contributed by atoms with Crippen LogP contribution in [0, 0.1) is 0 Å². The number of rotatable bonds is 9. The van der Waals surface area contributed by atoms with Crippen LogP contribution in [0.15, 0.2) is 54.6 Å². The highest BCUT2D eigenvalue weighted by Crippen LogP contribution is 2.22.